The van der Waals surface area contributed by atoms with E-state index in [4.69, 9.17) is 4.74 Å². The van der Waals surface area contributed by atoms with Gasteiger partial charge >= 0.3 is 6.61 Å². The van der Waals surface area contributed by atoms with Crippen LogP contribution in [0.25, 0.3) is 0 Å². The summed E-state index contributed by atoms with van der Waals surface area (Å²) in [5.74, 6) is -0.344. The topological polar surface area (TPSA) is 72.0 Å². The van der Waals surface area contributed by atoms with Crippen LogP contribution in [-0.2, 0) is 4.79 Å². The highest BCUT2D eigenvalue weighted by atomic mass is 19.3. The summed E-state index contributed by atoms with van der Waals surface area (Å²) in [6.07, 6.45) is 1.23. The van der Waals surface area contributed by atoms with Crippen LogP contribution in [0.4, 0.5) is 14.5 Å². The first-order valence-corrected chi connectivity index (χ1v) is 8.32. The third-order valence-electron chi connectivity index (χ3n) is 3.41. The number of nitrogens with one attached hydrogen (secondary N) is 2. The summed E-state index contributed by atoms with van der Waals surface area (Å²) in [7, 11) is 0. The van der Waals surface area contributed by atoms with Crippen molar-refractivity contribution in [3.63, 3.8) is 0 Å². The fourth-order valence-electron chi connectivity index (χ4n) is 2.19. The zero-order valence-electron chi connectivity index (χ0n) is 15.0. The molecule has 0 aliphatic heterocycles. The third kappa shape index (κ3) is 6.58. The number of aryl methyl sites for hydroxylation is 1. The van der Waals surface area contributed by atoms with E-state index >= 15 is 0 Å². The molecule has 0 fully saturated rings. The molecule has 0 aliphatic rings. The molecule has 0 heterocycles. The molecule has 0 bridgehead atoms. The van der Waals surface area contributed by atoms with E-state index in [2.05, 4.69) is 20.6 Å². The van der Waals surface area contributed by atoms with Crippen LogP contribution in [-0.4, -0.2) is 31.9 Å². The highest BCUT2D eigenvalue weighted by Gasteiger charge is 2.14. The van der Waals surface area contributed by atoms with Gasteiger partial charge in [-0.2, -0.15) is 13.9 Å². The Morgan fingerprint density at radius 3 is 2.63 bits per heavy atom. The number of hydrogen-bond acceptors (Lipinski definition) is 5. The van der Waals surface area contributed by atoms with Crippen LogP contribution in [0, 0.1) is 6.92 Å². The van der Waals surface area contributed by atoms with Gasteiger partial charge in [0.05, 0.1) is 19.4 Å². The Kier molecular flexibility index (Phi) is 7.54. The second kappa shape index (κ2) is 10.1. The standard InChI is InChI=1S/C19H21F2N3O3/c1-3-26-16-6-4-5-14(18(16)27-19(20)21)11-23-24-17(25)12-22-15-9-7-13(2)8-10-15/h4-11,19,22H,3,12H2,1-2H3,(H,24,25)/b23-11-. The molecular weight excluding hydrogens is 356 g/mol. The fourth-order valence-corrected chi connectivity index (χ4v) is 2.19. The summed E-state index contributed by atoms with van der Waals surface area (Å²) >= 11 is 0. The average molecular weight is 377 g/mol. The summed E-state index contributed by atoms with van der Waals surface area (Å²) < 4.78 is 35.1. The van der Waals surface area contributed by atoms with Gasteiger partial charge in [-0.1, -0.05) is 23.8 Å². The number of hydrazone groups is 1. The number of hydrogen-bond donors (Lipinski definition) is 2. The fraction of sp³-hybridized carbons (Fsp3) is 0.263. The van der Waals surface area contributed by atoms with Gasteiger partial charge in [-0.25, -0.2) is 5.43 Å². The number of ether oxygens (including phenoxy) is 2. The molecular formula is C19H21F2N3O3. The van der Waals surface area contributed by atoms with E-state index in [-0.39, 0.29) is 29.5 Å². The molecule has 0 aromatic heterocycles. The van der Waals surface area contributed by atoms with E-state index in [1.165, 1.54) is 18.3 Å². The average Bonchev–Trinajstić information content (AvgIpc) is 2.63. The van der Waals surface area contributed by atoms with Gasteiger partial charge in [0.2, 0.25) is 0 Å². The van der Waals surface area contributed by atoms with Crippen molar-refractivity contribution in [2.45, 2.75) is 20.5 Å². The van der Waals surface area contributed by atoms with E-state index < -0.39 is 6.61 Å². The quantitative estimate of drug-likeness (QED) is 0.518. The molecule has 1 amide bonds. The van der Waals surface area contributed by atoms with Crippen molar-refractivity contribution in [2.75, 3.05) is 18.5 Å². The molecule has 0 unspecified atom stereocenters. The van der Waals surface area contributed by atoms with Crippen molar-refractivity contribution >= 4 is 17.8 Å². The third-order valence-corrected chi connectivity index (χ3v) is 3.41. The minimum absolute atomic E-state index is 0.0137. The van der Waals surface area contributed by atoms with E-state index in [9.17, 15) is 13.6 Å². The van der Waals surface area contributed by atoms with Crippen LogP contribution in [0.3, 0.4) is 0 Å². The summed E-state index contributed by atoms with van der Waals surface area (Å²) in [4.78, 5) is 11.8. The van der Waals surface area contributed by atoms with Crippen molar-refractivity contribution in [3.05, 3.63) is 53.6 Å². The number of anilines is 1. The van der Waals surface area contributed by atoms with E-state index in [1.54, 1.807) is 13.0 Å². The Hall–Kier alpha value is -3.16. The molecule has 2 N–H and O–H groups in total. The number of carbonyl (C=O) groups excluding carboxylic acids is 1. The minimum Gasteiger partial charge on any atom is -0.490 e. The zero-order chi connectivity index (χ0) is 19.6. The van der Waals surface area contributed by atoms with Crippen LogP contribution in [0.1, 0.15) is 18.1 Å². The first kappa shape index (κ1) is 20.2. The van der Waals surface area contributed by atoms with Crippen LogP contribution in [0.2, 0.25) is 0 Å². The first-order chi connectivity index (χ1) is 13.0. The van der Waals surface area contributed by atoms with Gasteiger partial charge in [0.25, 0.3) is 5.91 Å². The highest BCUT2D eigenvalue weighted by molar-refractivity contribution is 5.87. The Labute approximate surface area is 156 Å². The van der Waals surface area contributed by atoms with Gasteiger partial charge in [-0.15, -0.1) is 0 Å². The van der Waals surface area contributed by atoms with Crippen molar-refractivity contribution < 1.29 is 23.0 Å². The normalized spacial score (nSPS) is 10.9. The second-order valence-corrected chi connectivity index (χ2v) is 5.50. The molecule has 0 aliphatic carbocycles. The number of amides is 1. The second-order valence-electron chi connectivity index (χ2n) is 5.50. The molecule has 144 valence electrons. The number of para-hydroxylation sites is 1. The van der Waals surface area contributed by atoms with Crippen LogP contribution in [0.5, 0.6) is 11.5 Å². The lowest BCUT2D eigenvalue weighted by Crippen LogP contribution is -2.25. The zero-order valence-corrected chi connectivity index (χ0v) is 15.0. The Morgan fingerprint density at radius 1 is 1.22 bits per heavy atom. The largest absolute Gasteiger partial charge is 0.490 e. The molecule has 8 heteroatoms. The molecule has 0 saturated heterocycles. The van der Waals surface area contributed by atoms with E-state index in [0.29, 0.717) is 6.61 Å². The van der Waals surface area contributed by atoms with Gasteiger partial charge < -0.3 is 14.8 Å². The highest BCUT2D eigenvalue weighted by Crippen LogP contribution is 2.31. The lowest BCUT2D eigenvalue weighted by molar-refractivity contribution is -0.119. The van der Waals surface area contributed by atoms with Gasteiger partial charge in [0.1, 0.15) is 0 Å². The van der Waals surface area contributed by atoms with E-state index in [1.807, 2.05) is 31.2 Å². The Bertz CT molecular complexity index is 780. The molecule has 0 atom stereocenters. The van der Waals surface area contributed by atoms with E-state index in [0.717, 1.165) is 11.3 Å². The van der Waals surface area contributed by atoms with Crippen LogP contribution < -0.4 is 20.2 Å². The van der Waals surface area contributed by atoms with Crippen molar-refractivity contribution in [2.24, 2.45) is 5.10 Å². The Morgan fingerprint density at radius 2 is 1.96 bits per heavy atom. The molecule has 27 heavy (non-hydrogen) atoms. The SMILES string of the molecule is CCOc1cccc(/C=N\NC(=O)CNc2ccc(C)cc2)c1OC(F)F. The van der Waals surface area contributed by atoms with Crippen molar-refractivity contribution in [1.82, 2.24) is 5.43 Å². The summed E-state index contributed by atoms with van der Waals surface area (Å²) in [5.41, 5.74) is 4.51. The van der Waals surface area contributed by atoms with Gasteiger partial charge in [-0.05, 0) is 38.1 Å². The van der Waals surface area contributed by atoms with Crippen LogP contribution >= 0.6 is 0 Å². The van der Waals surface area contributed by atoms with Gasteiger partial charge in [-0.3, -0.25) is 4.79 Å². The summed E-state index contributed by atoms with van der Waals surface area (Å²) in [5, 5.41) is 6.75. The van der Waals surface area contributed by atoms with Gasteiger partial charge in [0.15, 0.2) is 11.5 Å². The maximum absolute atomic E-state index is 12.7. The molecule has 0 spiro atoms. The number of rotatable bonds is 9. The molecule has 2 aromatic carbocycles. The van der Waals surface area contributed by atoms with Crippen LogP contribution in [0.15, 0.2) is 47.6 Å². The molecule has 2 aromatic rings. The summed E-state index contributed by atoms with van der Waals surface area (Å²) in [6.45, 7) is 1.000. The predicted octanol–water partition coefficient (Wildman–Crippen LogP) is 3.56. The number of carbonyl (C=O) groups is 1. The first-order valence-electron chi connectivity index (χ1n) is 8.32. The molecule has 6 nitrogen and oxygen atoms in total. The smallest absolute Gasteiger partial charge is 0.387 e. The molecule has 0 saturated carbocycles. The summed E-state index contributed by atoms with van der Waals surface area (Å²) in [6, 6.07) is 12.2. The number of benzene rings is 2. The maximum Gasteiger partial charge on any atom is 0.387 e. The maximum atomic E-state index is 12.7. The lowest BCUT2D eigenvalue weighted by Gasteiger charge is -2.13. The van der Waals surface area contributed by atoms with Crippen molar-refractivity contribution in [1.29, 1.82) is 0 Å². The lowest BCUT2D eigenvalue weighted by atomic mass is 10.2. The van der Waals surface area contributed by atoms with Crippen molar-refractivity contribution in [3.8, 4) is 11.5 Å². The number of nitrogens with zero attached hydrogens (tertiary/aromatic N) is 1. The monoisotopic (exact) mass is 377 g/mol. The Balaban J connectivity index is 1.97. The molecule has 0 radical (unpaired) electrons. The minimum atomic E-state index is -3.01. The van der Waals surface area contributed by atoms with Gasteiger partial charge in [0, 0.05) is 11.3 Å². The predicted molar refractivity (Wildman–Crippen MR) is 99.6 cm³/mol. The number of halogens is 2. The number of alkyl halides is 2. The molecule has 2 rings (SSSR count).